The van der Waals surface area contributed by atoms with Gasteiger partial charge in [-0.25, -0.2) is 19.8 Å². The number of nitrogens with one attached hydrogen (secondary N) is 2. The van der Waals surface area contributed by atoms with Gasteiger partial charge in [-0.15, -0.1) is 11.8 Å². The number of hydrazine groups is 1. The molecule has 1 aliphatic rings. The Balaban J connectivity index is 1.61. The summed E-state index contributed by atoms with van der Waals surface area (Å²) < 4.78 is 5.24. The van der Waals surface area contributed by atoms with Crippen LogP contribution in [0.25, 0.3) is 11.4 Å². The molecule has 0 aliphatic carbocycles. The minimum Gasteiger partial charge on any atom is -0.383 e. The van der Waals surface area contributed by atoms with Gasteiger partial charge in [-0.05, 0) is 30.5 Å². The van der Waals surface area contributed by atoms with Crippen molar-refractivity contribution in [3.63, 3.8) is 0 Å². The first-order valence-electron chi connectivity index (χ1n) is 7.83. The van der Waals surface area contributed by atoms with E-state index >= 15 is 0 Å². The zero-order valence-electron chi connectivity index (χ0n) is 13.9. The number of ether oxygens (including phenoxy) is 1. The van der Waals surface area contributed by atoms with Gasteiger partial charge < -0.3 is 15.8 Å². The van der Waals surface area contributed by atoms with Crippen molar-refractivity contribution in [3.8, 4) is 11.4 Å². The van der Waals surface area contributed by atoms with Crippen LogP contribution in [0.3, 0.4) is 0 Å². The molecule has 8 nitrogen and oxygen atoms in total. The van der Waals surface area contributed by atoms with E-state index in [1.54, 1.807) is 18.3 Å². The second-order valence-electron chi connectivity index (χ2n) is 5.39. The quantitative estimate of drug-likeness (QED) is 0.714. The molecule has 0 atom stereocenters. The zero-order valence-corrected chi connectivity index (χ0v) is 14.7. The van der Waals surface area contributed by atoms with Crippen LogP contribution in [0, 0.1) is 0 Å². The predicted octanol–water partition coefficient (Wildman–Crippen LogP) is 1.82. The number of nitrogens with two attached hydrogens (primary N) is 1. The second kappa shape index (κ2) is 8.15. The number of nitrogens with zero attached hydrogens (tertiary/aromatic N) is 3. The number of aromatic nitrogens is 2. The van der Waals surface area contributed by atoms with Crippen molar-refractivity contribution in [2.75, 3.05) is 43.6 Å². The van der Waals surface area contributed by atoms with Crippen LogP contribution < -0.4 is 16.5 Å². The molecule has 4 N–H and O–H groups in total. The van der Waals surface area contributed by atoms with E-state index in [1.807, 2.05) is 23.4 Å². The molecule has 0 bridgehead atoms. The molecule has 1 fully saturated rings. The van der Waals surface area contributed by atoms with Gasteiger partial charge in [0.1, 0.15) is 5.82 Å². The summed E-state index contributed by atoms with van der Waals surface area (Å²) in [6.45, 7) is 2.59. The zero-order chi connectivity index (χ0) is 17.6. The first-order chi connectivity index (χ1) is 12.2. The van der Waals surface area contributed by atoms with Crippen LogP contribution in [0.4, 0.5) is 16.3 Å². The number of hydrogen-bond acceptors (Lipinski definition) is 7. The third-order valence-corrected chi connectivity index (χ3v) is 4.43. The number of amides is 2. The molecule has 25 heavy (non-hydrogen) atoms. The van der Waals surface area contributed by atoms with Crippen molar-refractivity contribution in [2.24, 2.45) is 0 Å². The minimum atomic E-state index is -0.278. The fourth-order valence-electron chi connectivity index (χ4n) is 2.36. The Morgan fingerprint density at radius 3 is 2.64 bits per heavy atom. The van der Waals surface area contributed by atoms with Gasteiger partial charge in [-0.2, -0.15) is 0 Å². The fourth-order valence-corrected chi connectivity index (χ4v) is 2.77. The molecule has 2 heterocycles. The van der Waals surface area contributed by atoms with Gasteiger partial charge >= 0.3 is 6.03 Å². The molecule has 1 aromatic heterocycles. The van der Waals surface area contributed by atoms with Gasteiger partial charge in [-0.1, -0.05) is 0 Å². The topological polar surface area (TPSA) is 105 Å². The van der Waals surface area contributed by atoms with Gasteiger partial charge in [-0.3, -0.25) is 5.43 Å². The Hall–Kier alpha value is -2.36. The molecular formula is C16H20N6O2S. The fraction of sp³-hybridized carbons (Fsp3) is 0.312. The highest BCUT2D eigenvalue weighted by molar-refractivity contribution is 7.98. The van der Waals surface area contributed by atoms with Crippen LogP contribution in [0.1, 0.15) is 0 Å². The average Bonchev–Trinajstić information content (AvgIpc) is 2.63. The summed E-state index contributed by atoms with van der Waals surface area (Å²) in [5.41, 5.74) is 10.2. The average molecular weight is 360 g/mol. The van der Waals surface area contributed by atoms with Crippen LogP contribution in [0.5, 0.6) is 0 Å². The SMILES string of the molecule is CSc1cnc(-c2ccc(NC(=O)NN3CCOCC3)cc2)nc1N. The smallest absolute Gasteiger partial charge is 0.333 e. The van der Waals surface area contributed by atoms with E-state index in [-0.39, 0.29) is 6.03 Å². The van der Waals surface area contributed by atoms with Crippen molar-refractivity contribution in [1.29, 1.82) is 0 Å². The van der Waals surface area contributed by atoms with E-state index < -0.39 is 0 Å². The minimum absolute atomic E-state index is 0.278. The number of carbonyl (C=O) groups excluding carboxylic acids is 1. The van der Waals surface area contributed by atoms with Crippen molar-refractivity contribution in [2.45, 2.75) is 4.90 Å². The summed E-state index contributed by atoms with van der Waals surface area (Å²) in [5.74, 6) is 1.02. The summed E-state index contributed by atoms with van der Waals surface area (Å²) in [6, 6.07) is 7.02. The Morgan fingerprint density at radius 2 is 2.00 bits per heavy atom. The molecule has 2 aromatic rings. The third-order valence-electron chi connectivity index (χ3n) is 3.67. The predicted molar refractivity (Wildman–Crippen MR) is 98.2 cm³/mol. The first-order valence-corrected chi connectivity index (χ1v) is 9.05. The molecule has 0 radical (unpaired) electrons. The number of nitrogen functional groups attached to an aromatic ring is 1. The van der Waals surface area contributed by atoms with Gasteiger partial charge in [0.2, 0.25) is 0 Å². The van der Waals surface area contributed by atoms with E-state index in [9.17, 15) is 4.79 Å². The summed E-state index contributed by atoms with van der Waals surface area (Å²) >= 11 is 1.51. The Bertz CT molecular complexity index is 734. The van der Waals surface area contributed by atoms with Crippen molar-refractivity contribution < 1.29 is 9.53 Å². The lowest BCUT2D eigenvalue weighted by Crippen LogP contribution is -2.49. The van der Waals surface area contributed by atoms with Gasteiger partial charge in [0.05, 0.1) is 18.1 Å². The molecule has 2 amide bonds. The Labute approximate surface area is 150 Å². The molecule has 132 valence electrons. The molecule has 1 aliphatic heterocycles. The number of carbonyl (C=O) groups is 1. The largest absolute Gasteiger partial charge is 0.383 e. The van der Waals surface area contributed by atoms with Gasteiger partial charge in [0.25, 0.3) is 0 Å². The summed E-state index contributed by atoms with van der Waals surface area (Å²) in [5, 5.41) is 4.63. The first kappa shape index (κ1) is 17.5. The van der Waals surface area contributed by atoms with E-state index in [4.69, 9.17) is 10.5 Å². The number of urea groups is 1. The number of thioether (sulfide) groups is 1. The molecule has 0 spiro atoms. The Morgan fingerprint density at radius 1 is 1.28 bits per heavy atom. The van der Waals surface area contributed by atoms with Gasteiger partial charge in [0.15, 0.2) is 5.82 Å². The van der Waals surface area contributed by atoms with Crippen LogP contribution >= 0.6 is 11.8 Å². The number of rotatable bonds is 4. The highest BCUT2D eigenvalue weighted by Gasteiger charge is 2.13. The molecule has 9 heteroatoms. The van der Waals surface area contributed by atoms with Gasteiger partial charge in [0, 0.05) is 30.5 Å². The van der Waals surface area contributed by atoms with E-state index in [0.29, 0.717) is 43.6 Å². The number of morpholine rings is 1. The lowest BCUT2D eigenvalue weighted by molar-refractivity contribution is 0.0207. The number of benzene rings is 1. The standard InChI is InChI=1S/C16H20N6O2S/c1-25-13-10-18-15(20-14(13)17)11-2-4-12(5-3-11)19-16(23)21-22-6-8-24-9-7-22/h2-5,10H,6-9H2,1H3,(H2,17,18,20)(H2,19,21,23). The summed E-state index contributed by atoms with van der Waals surface area (Å²) in [4.78, 5) is 21.5. The maximum absolute atomic E-state index is 12.0. The maximum Gasteiger partial charge on any atom is 0.333 e. The van der Waals surface area contributed by atoms with E-state index in [2.05, 4.69) is 20.7 Å². The number of anilines is 2. The lowest BCUT2D eigenvalue weighted by atomic mass is 10.2. The maximum atomic E-state index is 12.0. The van der Waals surface area contributed by atoms with Crippen molar-refractivity contribution in [3.05, 3.63) is 30.5 Å². The van der Waals surface area contributed by atoms with Crippen LogP contribution in [0.15, 0.2) is 35.4 Å². The van der Waals surface area contributed by atoms with Crippen LogP contribution in [0.2, 0.25) is 0 Å². The normalized spacial score (nSPS) is 14.9. The molecule has 0 unspecified atom stereocenters. The van der Waals surface area contributed by atoms with Crippen molar-refractivity contribution in [1.82, 2.24) is 20.4 Å². The summed E-state index contributed by atoms with van der Waals surface area (Å²) in [7, 11) is 0. The monoisotopic (exact) mass is 360 g/mol. The Kier molecular flexibility index (Phi) is 5.69. The highest BCUT2D eigenvalue weighted by Crippen LogP contribution is 2.24. The second-order valence-corrected chi connectivity index (χ2v) is 6.24. The molecular weight excluding hydrogens is 340 g/mol. The molecule has 0 saturated carbocycles. The van der Waals surface area contributed by atoms with E-state index in [0.717, 1.165) is 10.5 Å². The van der Waals surface area contributed by atoms with Crippen LogP contribution in [-0.4, -0.2) is 53.6 Å². The lowest BCUT2D eigenvalue weighted by Gasteiger charge is -2.26. The number of hydrogen-bond donors (Lipinski definition) is 3. The van der Waals surface area contributed by atoms with Crippen molar-refractivity contribution >= 4 is 29.3 Å². The molecule has 3 rings (SSSR count). The van der Waals surface area contributed by atoms with E-state index in [1.165, 1.54) is 11.8 Å². The summed E-state index contributed by atoms with van der Waals surface area (Å²) in [6.07, 6.45) is 3.64. The van der Waals surface area contributed by atoms with Crippen LogP contribution in [-0.2, 0) is 4.74 Å². The molecule has 1 saturated heterocycles. The highest BCUT2D eigenvalue weighted by atomic mass is 32.2. The molecule has 1 aromatic carbocycles. The third kappa shape index (κ3) is 4.59.